The summed E-state index contributed by atoms with van der Waals surface area (Å²) >= 11 is 0. The first-order valence-corrected chi connectivity index (χ1v) is 6.39. The van der Waals surface area contributed by atoms with E-state index < -0.39 is 6.04 Å². The van der Waals surface area contributed by atoms with Crippen molar-refractivity contribution in [2.45, 2.75) is 26.8 Å². The molecule has 3 N–H and O–H groups in total. The number of anilines is 1. The van der Waals surface area contributed by atoms with Crippen LogP contribution in [0, 0.1) is 12.8 Å². The van der Waals surface area contributed by atoms with Crippen molar-refractivity contribution in [1.29, 1.82) is 0 Å². The van der Waals surface area contributed by atoms with E-state index in [1.807, 2.05) is 39.0 Å². The molecule has 1 atom stereocenters. The molecule has 2 rings (SSSR count). The van der Waals surface area contributed by atoms with Crippen LogP contribution in [0.4, 0.5) is 5.69 Å². The van der Waals surface area contributed by atoms with Crippen LogP contribution < -0.4 is 11.1 Å². The molecule has 2 aromatic rings. The molecule has 0 aliphatic heterocycles. The maximum absolute atomic E-state index is 12.0. The van der Waals surface area contributed by atoms with Crippen molar-refractivity contribution in [2.24, 2.45) is 11.7 Å². The molecule has 20 heavy (non-hydrogen) atoms. The normalized spacial score (nSPS) is 12.4. The second-order valence-electron chi connectivity index (χ2n) is 5.01. The number of nitrogens with two attached hydrogens (primary N) is 1. The van der Waals surface area contributed by atoms with E-state index in [0.29, 0.717) is 5.69 Å². The van der Waals surface area contributed by atoms with Gasteiger partial charge in [0.1, 0.15) is 6.33 Å². The van der Waals surface area contributed by atoms with Gasteiger partial charge in [-0.25, -0.2) is 4.68 Å². The van der Waals surface area contributed by atoms with Gasteiger partial charge in [0, 0.05) is 5.69 Å². The first kappa shape index (κ1) is 14.1. The van der Waals surface area contributed by atoms with Gasteiger partial charge in [-0.2, -0.15) is 0 Å². The minimum absolute atomic E-state index is 0.0815. The summed E-state index contributed by atoms with van der Waals surface area (Å²) in [5, 5.41) is 13.8. The number of hydrogen-bond acceptors (Lipinski definition) is 5. The lowest BCUT2D eigenvalue weighted by Crippen LogP contribution is -2.39. The Morgan fingerprint density at radius 3 is 2.75 bits per heavy atom. The lowest BCUT2D eigenvalue weighted by atomic mass is 10.0. The predicted molar refractivity (Wildman–Crippen MR) is 75.3 cm³/mol. The third-order valence-corrected chi connectivity index (χ3v) is 3.11. The largest absolute Gasteiger partial charge is 0.324 e. The molecule has 7 heteroatoms. The highest BCUT2D eigenvalue weighted by Crippen LogP contribution is 2.19. The lowest BCUT2D eigenvalue weighted by Gasteiger charge is -2.17. The molecule has 1 heterocycles. The van der Waals surface area contributed by atoms with Crippen molar-refractivity contribution in [3.05, 3.63) is 30.1 Å². The summed E-state index contributed by atoms with van der Waals surface area (Å²) in [6, 6.07) is 5.06. The SMILES string of the molecule is Cc1ccc(-n2cnnn2)cc1NC(=O)C(N)C(C)C. The van der Waals surface area contributed by atoms with E-state index in [0.717, 1.165) is 11.3 Å². The zero-order valence-electron chi connectivity index (χ0n) is 11.7. The summed E-state index contributed by atoms with van der Waals surface area (Å²) in [5.74, 6) is -0.116. The standard InChI is InChI=1S/C13H18N6O/c1-8(2)12(14)13(20)16-11-6-10(5-4-9(11)3)19-7-15-17-18-19/h4-8,12H,14H2,1-3H3,(H,16,20). The summed E-state index contributed by atoms with van der Waals surface area (Å²) in [6.07, 6.45) is 1.50. The fraction of sp³-hybridized carbons (Fsp3) is 0.385. The van der Waals surface area contributed by atoms with Crippen molar-refractivity contribution in [3.63, 3.8) is 0 Å². The van der Waals surface area contributed by atoms with Gasteiger partial charge in [0.25, 0.3) is 0 Å². The van der Waals surface area contributed by atoms with Gasteiger partial charge in [0.05, 0.1) is 11.7 Å². The van der Waals surface area contributed by atoms with Gasteiger partial charge in [-0.1, -0.05) is 19.9 Å². The lowest BCUT2D eigenvalue weighted by molar-refractivity contribution is -0.118. The topological polar surface area (TPSA) is 98.7 Å². The van der Waals surface area contributed by atoms with Crippen LogP contribution >= 0.6 is 0 Å². The summed E-state index contributed by atoms with van der Waals surface area (Å²) < 4.78 is 1.53. The minimum atomic E-state index is -0.536. The monoisotopic (exact) mass is 274 g/mol. The van der Waals surface area contributed by atoms with Crippen LogP contribution in [-0.4, -0.2) is 32.2 Å². The van der Waals surface area contributed by atoms with Crippen LogP contribution in [0.2, 0.25) is 0 Å². The molecule has 0 bridgehead atoms. The van der Waals surface area contributed by atoms with E-state index in [1.165, 1.54) is 11.0 Å². The number of benzene rings is 1. The molecule has 0 radical (unpaired) electrons. The number of rotatable bonds is 4. The van der Waals surface area contributed by atoms with Crippen molar-refractivity contribution in [1.82, 2.24) is 20.2 Å². The van der Waals surface area contributed by atoms with Crippen molar-refractivity contribution in [3.8, 4) is 5.69 Å². The van der Waals surface area contributed by atoms with Gasteiger partial charge in [-0.3, -0.25) is 4.79 Å². The second-order valence-corrected chi connectivity index (χ2v) is 5.01. The van der Waals surface area contributed by atoms with Crippen LogP contribution in [0.5, 0.6) is 0 Å². The Balaban J connectivity index is 2.24. The average molecular weight is 274 g/mol. The van der Waals surface area contributed by atoms with Crippen LogP contribution in [-0.2, 0) is 4.79 Å². The Hall–Kier alpha value is -2.28. The molecular weight excluding hydrogens is 256 g/mol. The molecule has 1 aromatic heterocycles. The number of aryl methyl sites for hydroxylation is 1. The maximum atomic E-state index is 12.0. The molecule has 7 nitrogen and oxygen atoms in total. The third kappa shape index (κ3) is 3.00. The fourth-order valence-electron chi connectivity index (χ4n) is 1.69. The molecule has 1 amide bonds. The molecule has 0 aliphatic rings. The van der Waals surface area contributed by atoms with E-state index in [-0.39, 0.29) is 11.8 Å². The highest BCUT2D eigenvalue weighted by molar-refractivity contribution is 5.95. The molecule has 0 spiro atoms. The molecule has 0 fully saturated rings. The average Bonchev–Trinajstić information content (AvgIpc) is 2.94. The van der Waals surface area contributed by atoms with E-state index in [2.05, 4.69) is 20.8 Å². The summed E-state index contributed by atoms with van der Waals surface area (Å²) in [5.41, 5.74) is 8.27. The molecule has 1 aromatic carbocycles. The highest BCUT2D eigenvalue weighted by Gasteiger charge is 2.18. The number of nitrogens with zero attached hydrogens (tertiary/aromatic N) is 4. The number of hydrogen-bond donors (Lipinski definition) is 2. The predicted octanol–water partition coefficient (Wildman–Crippen LogP) is 0.893. The van der Waals surface area contributed by atoms with Gasteiger partial charge in [-0.05, 0) is 41.0 Å². The maximum Gasteiger partial charge on any atom is 0.241 e. The van der Waals surface area contributed by atoms with Gasteiger partial charge in [-0.15, -0.1) is 5.10 Å². The van der Waals surface area contributed by atoms with Gasteiger partial charge in [0.2, 0.25) is 5.91 Å². The van der Waals surface area contributed by atoms with Gasteiger partial charge < -0.3 is 11.1 Å². The Bertz CT molecular complexity index is 593. The quantitative estimate of drug-likeness (QED) is 0.862. The smallest absolute Gasteiger partial charge is 0.241 e. The molecule has 0 aliphatic carbocycles. The number of aromatic nitrogens is 4. The molecule has 0 saturated heterocycles. The number of carbonyl (C=O) groups excluding carboxylic acids is 1. The van der Waals surface area contributed by atoms with E-state index >= 15 is 0 Å². The third-order valence-electron chi connectivity index (χ3n) is 3.11. The van der Waals surface area contributed by atoms with E-state index in [4.69, 9.17) is 5.73 Å². The van der Waals surface area contributed by atoms with Crippen molar-refractivity contribution >= 4 is 11.6 Å². The summed E-state index contributed by atoms with van der Waals surface area (Å²) in [7, 11) is 0. The molecule has 0 saturated carbocycles. The number of tetrazole rings is 1. The van der Waals surface area contributed by atoms with Crippen LogP contribution in [0.15, 0.2) is 24.5 Å². The number of carbonyl (C=O) groups is 1. The Morgan fingerprint density at radius 1 is 1.40 bits per heavy atom. The van der Waals surface area contributed by atoms with Crippen LogP contribution in [0.3, 0.4) is 0 Å². The first-order valence-electron chi connectivity index (χ1n) is 6.39. The minimum Gasteiger partial charge on any atom is -0.324 e. The number of nitrogens with one attached hydrogen (secondary N) is 1. The fourth-order valence-corrected chi connectivity index (χ4v) is 1.69. The summed E-state index contributed by atoms with van der Waals surface area (Å²) in [4.78, 5) is 12.0. The molecule has 106 valence electrons. The van der Waals surface area contributed by atoms with Gasteiger partial charge in [0.15, 0.2) is 0 Å². The molecule has 1 unspecified atom stereocenters. The van der Waals surface area contributed by atoms with E-state index in [9.17, 15) is 4.79 Å². The summed E-state index contributed by atoms with van der Waals surface area (Å²) in [6.45, 7) is 5.74. The van der Waals surface area contributed by atoms with Crippen LogP contribution in [0.1, 0.15) is 19.4 Å². The zero-order chi connectivity index (χ0) is 14.7. The van der Waals surface area contributed by atoms with Crippen molar-refractivity contribution in [2.75, 3.05) is 5.32 Å². The van der Waals surface area contributed by atoms with Crippen molar-refractivity contribution < 1.29 is 4.79 Å². The van der Waals surface area contributed by atoms with Crippen LogP contribution in [0.25, 0.3) is 5.69 Å². The van der Waals surface area contributed by atoms with Gasteiger partial charge >= 0.3 is 0 Å². The Kier molecular flexibility index (Phi) is 4.09. The second kappa shape index (κ2) is 5.79. The number of amides is 1. The zero-order valence-corrected chi connectivity index (χ0v) is 11.7. The molecular formula is C13H18N6O. The highest BCUT2D eigenvalue weighted by atomic mass is 16.2. The van der Waals surface area contributed by atoms with E-state index in [1.54, 1.807) is 0 Å². The Morgan fingerprint density at radius 2 is 2.15 bits per heavy atom. The first-order chi connectivity index (χ1) is 9.49. The Labute approximate surface area is 117 Å².